The topological polar surface area (TPSA) is 73.8 Å². The van der Waals surface area contributed by atoms with Crippen LogP contribution in [0.4, 0.5) is 0 Å². The maximum absolute atomic E-state index is 12.2. The molecule has 1 aromatic carbocycles. The van der Waals surface area contributed by atoms with Crippen molar-refractivity contribution in [3.63, 3.8) is 0 Å². The number of thioether (sulfide) groups is 1. The number of nitrogens with one attached hydrogen (secondary N) is 2. The largest absolute Gasteiger partial charge is 0.355 e. The molecule has 2 N–H and O–H groups in total. The van der Waals surface area contributed by atoms with Crippen LogP contribution in [0.5, 0.6) is 0 Å². The molecule has 3 rings (SSSR count). The van der Waals surface area contributed by atoms with Crippen molar-refractivity contribution in [1.29, 1.82) is 0 Å². The van der Waals surface area contributed by atoms with Crippen molar-refractivity contribution in [3.8, 4) is 0 Å². The minimum Gasteiger partial charge on any atom is -0.355 e. The average Bonchev–Trinajstić information content (AvgIpc) is 3.46. The Balaban J connectivity index is 1.44. The number of hydrogen-bond donors (Lipinski definition) is 2. The van der Waals surface area contributed by atoms with E-state index < -0.39 is 10.0 Å². The third-order valence-electron chi connectivity index (χ3n) is 5.34. The molecule has 156 valence electrons. The van der Waals surface area contributed by atoms with Crippen LogP contribution >= 0.6 is 11.8 Å². The van der Waals surface area contributed by atoms with Crippen LogP contribution in [0.25, 0.3) is 0 Å². The molecule has 0 atom stereocenters. The van der Waals surface area contributed by atoms with E-state index in [1.54, 1.807) is 11.4 Å². The average molecular weight is 425 g/mol. The summed E-state index contributed by atoms with van der Waals surface area (Å²) in [7, 11) is -1.29. The highest BCUT2D eigenvalue weighted by Gasteiger charge is 2.43. The van der Waals surface area contributed by atoms with Gasteiger partial charge in [0.25, 0.3) is 0 Å². The van der Waals surface area contributed by atoms with Crippen LogP contribution in [-0.4, -0.2) is 61.9 Å². The molecule has 1 aliphatic heterocycles. The summed E-state index contributed by atoms with van der Waals surface area (Å²) in [5, 5.41) is 6.97. The third kappa shape index (κ3) is 5.87. The molecule has 1 aliphatic carbocycles. The lowest BCUT2D eigenvalue weighted by atomic mass is 10.1. The summed E-state index contributed by atoms with van der Waals surface area (Å²) in [4.78, 5) is 5.68. The van der Waals surface area contributed by atoms with Crippen LogP contribution in [0.1, 0.15) is 39.0 Å². The van der Waals surface area contributed by atoms with Crippen molar-refractivity contribution in [2.45, 2.75) is 54.7 Å². The van der Waals surface area contributed by atoms with Crippen molar-refractivity contribution < 1.29 is 8.42 Å². The van der Waals surface area contributed by atoms with E-state index >= 15 is 0 Å². The molecule has 1 saturated carbocycles. The molecule has 6 nitrogen and oxygen atoms in total. The molecule has 0 amide bonds. The zero-order valence-electron chi connectivity index (χ0n) is 16.9. The van der Waals surface area contributed by atoms with Gasteiger partial charge in [0.05, 0.1) is 5.75 Å². The summed E-state index contributed by atoms with van der Waals surface area (Å²) in [5.74, 6) is 1.06. The molecule has 0 unspecified atom stereocenters. The van der Waals surface area contributed by atoms with Gasteiger partial charge in [0.2, 0.25) is 10.0 Å². The zero-order valence-corrected chi connectivity index (χ0v) is 18.5. The molecular weight excluding hydrogens is 392 g/mol. The maximum Gasteiger partial charge on any atom is 0.214 e. The third-order valence-corrected chi connectivity index (χ3v) is 8.91. The second-order valence-corrected chi connectivity index (χ2v) is 11.3. The number of hydrogen-bond acceptors (Lipinski definition) is 4. The van der Waals surface area contributed by atoms with E-state index in [0.29, 0.717) is 19.5 Å². The van der Waals surface area contributed by atoms with Gasteiger partial charge in [-0.3, -0.25) is 4.99 Å². The molecular formula is C20H32N4O2S2. The van der Waals surface area contributed by atoms with Crippen LogP contribution in [0.2, 0.25) is 0 Å². The molecule has 1 aromatic rings. The molecule has 28 heavy (non-hydrogen) atoms. The predicted octanol–water partition coefficient (Wildman–Crippen LogP) is 2.68. The van der Waals surface area contributed by atoms with Gasteiger partial charge >= 0.3 is 0 Å². The zero-order chi connectivity index (χ0) is 20.0. The van der Waals surface area contributed by atoms with Crippen LogP contribution in [0.15, 0.2) is 40.2 Å². The van der Waals surface area contributed by atoms with E-state index in [2.05, 4.69) is 39.9 Å². The molecule has 2 aliphatic rings. The van der Waals surface area contributed by atoms with Crippen LogP contribution < -0.4 is 10.6 Å². The van der Waals surface area contributed by atoms with Crippen molar-refractivity contribution in [2.75, 3.05) is 32.4 Å². The lowest BCUT2D eigenvalue weighted by molar-refractivity contribution is 0.306. The van der Waals surface area contributed by atoms with Crippen LogP contribution in [0.3, 0.4) is 0 Å². The van der Waals surface area contributed by atoms with E-state index in [4.69, 9.17) is 0 Å². The number of piperidine rings is 1. The van der Waals surface area contributed by atoms with Gasteiger partial charge in [0.1, 0.15) is 0 Å². The van der Waals surface area contributed by atoms with Gasteiger partial charge in [-0.25, -0.2) is 12.7 Å². The fourth-order valence-corrected chi connectivity index (χ4v) is 6.28. The fraction of sp³-hybridized carbons (Fsp3) is 0.650. The Labute approximate surface area is 173 Å². The smallest absolute Gasteiger partial charge is 0.214 e. The molecule has 8 heteroatoms. The summed E-state index contributed by atoms with van der Waals surface area (Å²) < 4.78 is 26.3. The Morgan fingerprint density at radius 3 is 2.50 bits per heavy atom. The molecule has 1 heterocycles. The molecule has 0 spiro atoms. The van der Waals surface area contributed by atoms with Gasteiger partial charge in [-0.2, -0.15) is 0 Å². The number of sulfonamides is 1. The number of benzene rings is 1. The van der Waals surface area contributed by atoms with Gasteiger partial charge in [-0.05, 0) is 44.2 Å². The van der Waals surface area contributed by atoms with Crippen molar-refractivity contribution in [2.24, 2.45) is 4.99 Å². The number of rotatable bonds is 8. The summed E-state index contributed by atoms with van der Waals surface area (Å²) in [5.41, 5.74) is 0. The second-order valence-electron chi connectivity index (χ2n) is 7.66. The summed E-state index contributed by atoms with van der Waals surface area (Å²) >= 11 is 1.94. The standard InChI is InChI=1S/C20H32N4O2S2/c1-3-15-28(25,26)24-13-9-17(10-14-24)23-19(21-2)22-16-20(11-12-20)27-18-7-5-4-6-8-18/h4-8,17H,3,9-16H2,1-2H3,(H2,21,22,23). The monoisotopic (exact) mass is 424 g/mol. The molecule has 2 fully saturated rings. The SMILES string of the molecule is CCCS(=O)(=O)N1CCC(NC(=NC)NCC2(Sc3ccccc3)CC2)CC1. The lowest BCUT2D eigenvalue weighted by Crippen LogP contribution is -2.50. The van der Waals surface area contributed by atoms with Crippen molar-refractivity contribution in [1.82, 2.24) is 14.9 Å². The fourth-order valence-electron chi connectivity index (χ4n) is 3.49. The van der Waals surface area contributed by atoms with Gasteiger partial charge in [-0.15, -0.1) is 11.8 Å². The van der Waals surface area contributed by atoms with Crippen LogP contribution in [-0.2, 0) is 10.0 Å². The molecule has 0 radical (unpaired) electrons. The quantitative estimate of drug-likeness (QED) is 0.496. The highest BCUT2D eigenvalue weighted by Crippen LogP contribution is 2.51. The first-order valence-electron chi connectivity index (χ1n) is 10.2. The number of guanidine groups is 1. The molecule has 0 bridgehead atoms. The van der Waals surface area contributed by atoms with Crippen molar-refractivity contribution >= 4 is 27.7 Å². The summed E-state index contributed by atoms with van der Waals surface area (Å²) in [6.45, 7) is 3.97. The first-order chi connectivity index (χ1) is 13.5. The number of aliphatic imine (C=N–C) groups is 1. The van der Waals surface area contributed by atoms with E-state index in [1.807, 2.05) is 24.8 Å². The Hall–Kier alpha value is -1.25. The van der Waals surface area contributed by atoms with Gasteiger partial charge in [0, 0.05) is 42.4 Å². The normalized spacial score (nSPS) is 20.7. The Bertz CT molecular complexity index is 756. The first-order valence-corrected chi connectivity index (χ1v) is 12.6. The van der Waals surface area contributed by atoms with Crippen molar-refractivity contribution in [3.05, 3.63) is 30.3 Å². The second kappa shape index (κ2) is 9.50. The van der Waals surface area contributed by atoms with E-state index in [9.17, 15) is 8.42 Å². The summed E-state index contributed by atoms with van der Waals surface area (Å²) in [6, 6.07) is 10.8. The van der Waals surface area contributed by atoms with Gasteiger partial charge in [0.15, 0.2) is 5.96 Å². The maximum atomic E-state index is 12.2. The molecule has 1 saturated heterocycles. The summed E-state index contributed by atoms with van der Waals surface area (Å²) in [6.07, 6.45) is 4.72. The van der Waals surface area contributed by atoms with E-state index in [-0.39, 0.29) is 16.5 Å². The minimum absolute atomic E-state index is 0.246. The van der Waals surface area contributed by atoms with Crippen LogP contribution in [0, 0.1) is 0 Å². The van der Waals surface area contributed by atoms with Gasteiger partial charge in [-0.1, -0.05) is 25.1 Å². The lowest BCUT2D eigenvalue weighted by Gasteiger charge is -2.32. The predicted molar refractivity (Wildman–Crippen MR) is 117 cm³/mol. The van der Waals surface area contributed by atoms with E-state index in [0.717, 1.165) is 25.3 Å². The highest BCUT2D eigenvalue weighted by atomic mass is 32.2. The number of nitrogens with zero attached hydrogens (tertiary/aromatic N) is 2. The Morgan fingerprint density at radius 2 is 1.93 bits per heavy atom. The Kier molecular flexibility index (Phi) is 7.28. The molecule has 0 aromatic heterocycles. The van der Waals surface area contributed by atoms with E-state index in [1.165, 1.54) is 17.7 Å². The highest BCUT2D eigenvalue weighted by molar-refractivity contribution is 8.01. The minimum atomic E-state index is -3.09. The Morgan fingerprint density at radius 1 is 1.25 bits per heavy atom. The van der Waals surface area contributed by atoms with Gasteiger partial charge < -0.3 is 10.6 Å². The first kappa shape index (κ1) is 21.5.